The number of fused-ring (bicyclic) bond motifs is 3. The Balaban J connectivity index is 1.76. The molecule has 1 aliphatic rings. The topological polar surface area (TPSA) is 90.9 Å². The molecule has 4 rings (SSSR count). The fourth-order valence-corrected chi connectivity index (χ4v) is 3.42. The molecule has 28 heavy (non-hydrogen) atoms. The van der Waals surface area contributed by atoms with Crippen molar-refractivity contribution in [2.75, 3.05) is 5.32 Å². The molecule has 1 aromatic heterocycles. The summed E-state index contributed by atoms with van der Waals surface area (Å²) in [6, 6.07) is 14.9. The highest BCUT2D eigenvalue weighted by Gasteiger charge is 2.30. The van der Waals surface area contributed by atoms with Gasteiger partial charge in [-0.05, 0) is 29.8 Å². The number of halogens is 1. The number of nitrogens with zero attached hydrogens (tertiary/aromatic N) is 3. The first-order valence-electron chi connectivity index (χ1n) is 8.54. The number of nitrogens with one attached hydrogen (secondary N) is 1. The van der Waals surface area contributed by atoms with Gasteiger partial charge in [-0.1, -0.05) is 24.3 Å². The summed E-state index contributed by atoms with van der Waals surface area (Å²) in [5.74, 6) is -1.60. The van der Waals surface area contributed by atoms with Gasteiger partial charge in [-0.3, -0.25) is 9.48 Å². The van der Waals surface area contributed by atoms with Crippen LogP contribution in [0.25, 0.3) is 17.0 Å². The van der Waals surface area contributed by atoms with E-state index in [2.05, 4.69) is 10.4 Å². The summed E-state index contributed by atoms with van der Waals surface area (Å²) in [7, 11) is 1.67. The third-order valence-corrected chi connectivity index (χ3v) is 4.67. The van der Waals surface area contributed by atoms with Crippen LogP contribution in [0, 0.1) is 17.1 Å². The summed E-state index contributed by atoms with van der Waals surface area (Å²) in [5, 5.41) is 27.0. The molecule has 0 atom stereocenters. The SMILES string of the molecule is Cn1nc(C(O)=C(C#N)C(=O)Nc2ccccc2)c2c1-c1cc(F)ccc1C2. The molecule has 1 aliphatic carbocycles. The van der Waals surface area contributed by atoms with E-state index in [9.17, 15) is 19.6 Å². The number of hydrogen-bond donors (Lipinski definition) is 2. The number of aryl methyl sites for hydroxylation is 1. The smallest absolute Gasteiger partial charge is 0.270 e. The molecule has 3 aromatic rings. The second-order valence-electron chi connectivity index (χ2n) is 6.43. The van der Waals surface area contributed by atoms with Crippen molar-refractivity contribution in [2.24, 2.45) is 7.05 Å². The fourth-order valence-electron chi connectivity index (χ4n) is 3.42. The van der Waals surface area contributed by atoms with Crippen LogP contribution in [-0.2, 0) is 18.3 Å². The van der Waals surface area contributed by atoms with Crippen LogP contribution in [-0.4, -0.2) is 20.8 Å². The molecule has 2 aromatic carbocycles. The molecule has 0 saturated heterocycles. The zero-order valence-electron chi connectivity index (χ0n) is 14.9. The number of amides is 1. The highest BCUT2D eigenvalue weighted by Crippen LogP contribution is 2.40. The highest BCUT2D eigenvalue weighted by molar-refractivity contribution is 6.11. The quantitative estimate of drug-likeness (QED) is 0.326. The van der Waals surface area contributed by atoms with Crippen molar-refractivity contribution in [1.29, 1.82) is 5.26 Å². The van der Waals surface area contributed by atoms with Crippen LogP contribution in [0.3, 0.4) is 0 Å². The average molecular weight is 374 g/mol. The van der Waals surface area contributed by atoms with Gasteiger partial charge in [0.05, 0.1) is 5.69 Å². The fraction of sp³-hybridized carbons (Fsp3) is 0.0952. The monoisotopic (exact) mass is 374 g/mol. The first kappa shape index (κ1) is 17.5. The van der Waals surface area contributed by atoms with Crippen LogP contribution in [0.4, 0.5) is 10.1 Å². The van der Waals surface area contributed by atoms with Gasteiger partial charge in [0, 0.05) is 30.3 Å². The van der Waals surface area contributed by atoms with Crippen LogP contribution < -0.4 is 5.32 Å². The summed E-state index contributed by atoms with van der Waals surface area (Å²) >= 11 is 0. The molecular weight excluding hydrogens is 359 g/mol. The van der Waals surface area contributed by atoms with Crippen LogP contribution in [0.5, 0.6) is 0 Å². The molecule has 0 fully saturated rings. The van der Waals surface area contributed by atoms with Gasteiger partial charge in [-0.15, -0.1) is 0 Å². The normalized spacial score (nSPS) is 12.6. The molecule has 0 bridgehead atoms. The van der Waals surface area contributed by atoms with E-state index in [-0.39, 0.29) is 11.5 Å². The van der Waals surface area contributed by atoms with E-state index in [1.807, 2.05) is 0 Å². The molecule has 0 aliphatic heterocycles. The number of aliphatic hydroxyl groups excluding tert-OH is 1. The maximum atomic E-state index is 13.7. The van der Waals surface area contributed by atoms with Gasteiger partial charge >= 0.3 is 0 Å². The van der Waals surface area contributed by atoms with Crippen LogP contribution in [0.2, 0.25) is 0 Å². The summed E-state index contributed by atoms with van der Waals surface area (Å²) in [4.78, 5) is 12.5. The molecule has 2 N–H and O–H groups in total. The summed E-state index contributed by atoms with van der Waals surface area (Å²) in [6.45, 7) is 0. The van der Waals surface area contributed by atoms with E-state index in [1.165, 1.54) is 16.8 Å². The van der Waals surface area contributed by atoms with Crippen molar-refractivity contribution in [1.82, 2.24) is 9.78 Å². The van der Waals surface area contributed by atoms with E-state index in [0.29, 0.717) is 28.9 Å². The lowest BCUT2D eigenvalue weighted by molar-refractivity contribution is -0.112. The van der Waals surface area contributed by atoms with Gasteiger partial charge in [0.1, 0.15) is 17.6 Å². The van der Waals surface area contributed by atoms with E-state index >= 15 is 0 Å². The second kappa shape index (κ2) is 6.67. The molecule has 138 valence electrons. The number of benzene rings is 2. The van der Waals surface area contributed by atoms with Crippen LogP contribution in [0.15, 0.2) is 54.1 Å². The molecule has 0 saturated carbocycles. The number of aliphatic hydroxyl groups is 1. The van der Waals surface area contributed by atoms with E-state index < -0.39 is 17.2 Å². The van der Waals surface area contributed by atoms with E-state index in [1.54, 1.807) is 49.5 Å². The van der Waals surface area contributed by atoms with Gasteiger partial charge in [0.15, 0.2) is 11.3 Å². The Kier molecular flexibility index (Phi) is 4.17. The van der Waals surface area contributed by atoms with Crippen molar-refractivity contribution in [3.05, 3.63) is 76.7 Å². The summed E-state index contributed by atoms with van der Waals surface area (Å²) in [6.07, 6.45) is 0.428. The molecule has 1 heterocycles. The zero-order chi connectivity index (χ0) is 19.8. The first-order chi connectivity index (χ1) is 13.5. The third kappa shape index (κ3) is 2.81. The molecule has 0 radical (unpaired) electrons. The molecule has 0 unspecified atom stereocenters. The maximum absolute atomic E-state index is 13.7. The Morgan fingerprint density at radius 2 is 2.04 bits per heavy atom. The van der Waals surface area contributed by atoms with E-state index in [0.717, 1.165) is 5.56 Å². The Hall–Kier alpha value is -3.92. The number of nitriles is 1. The maximum Gasteiger partial charge on any atom is 0.270 e. The Labute approximate surface area is 160 Å². The number of para-hydroxylation sites is 1. The minimum Gasteiger partial charge on any atom is -0.504 e. The molecule has 1 amide bonds. The van der Waals surface area contributed by atoms with E-state index in [4.69, 9.17) is 0 Å². The number of rotatable bonds is 3. The summed E-state index contributed by atoms with van der Waals surface area (Å²) in [5.41, 5.74) is 3.11. The summed E-state index contributed by atoms with van der Waals surface area (Å²) < 4.78 is 15.2. The van der Waals surface area contributed by atoms with Crippen LogP contribution >= 0.6 is 0 Å². The predicted octanol–water partition coefficient (Wildman–Crippen LogP) is 3.56. The number of carbonyl (C=O) groups excluding carboxylic acids is 1. The number of hydrogen-bond acceptors (Lipinski definition) is 4. The molecule has 6 nitrogen and oxygen atoms in total. The average Bonchev–Trinajstić information content (AvgIpc) is 3.20. The largest absolute Gasteiger partial charge is 0.504 e. The minimum absolute atomic E-state index is 0.147. The number of aromatic nitrogens is 2. The molecular formula is C21H15FN4O2. The Morgan fingerprint density at radius 1 is 1.29 bits per heavy atom. The third-order valence-electron chi connectivity index (χ3n) is 4.67. The highest BCUT2D eigenvalue weighted by atomic mass is 19.1. The number of anilines is 1. The van der Waals surface area contributed by atoms with Gasteiger partial charge in [0.25, 0.3) is 5.91 Å². The van der Waals surface area contributed by atoms with Gasteiger partial charge < -0.3 is 10.4 Å². The van der Waals surface area contributed by atoms with Crippen molar-refractivity contribution >= 4 is 17.4 Å². The predicted molar refractivity (Wildman–Crippen MR) is 102 cm³/mol. The minimum atomic E-state index is -0.729. The first-order valence-corrected chi connectivity index (χ1v) is 8.54. The zero-order valence-corrected chi connectivity index (χ0v) is 14.9. The van der Waals surface area contributed by atoms with Gasteiger partial charge in [0.2, 0.25) is 0 Å². The Bertz CT molecular complexity index is 1170. The van der Waals surface area contributed by atoms with Crippen LogP contribution in [0.1, 0.15) is 16.8 Å². The van der Waals surface area contributed by atoms with Crippen molar-refractivity contribution < 1.29 is 14.3 Å². The van der Waals surface area contributed by atoms with Gasteiger partial charge in [-0.25, -0.2) is 4.39 Å². The Morgan fingerprint density at radius 3 is 2.75 bits per heavy atom. The number of carbonyl (C=O) groups is 1. The lowest BCUT2D eigenvalue weighted by atomic mass is 10.1. The molecule has 0 spiro atoms. The lowest BCUT2D eigenvalue weighted by Crippen LogP contribution is -2.15. The lowest BCUT2D eigenvalue weighted by Gasteiger charge is -2.06. The molecule has 7 heteroatoms. The second-order valence-corrected chi connectivity index (χ2v) is 6.43. The standard InChI is InChI=1S/C21H15FN4O2/c1-26-19-15-10-13(22)8-7-12(15)9-16(19)18(25-26)20(27)17(11-23)21(28)24-14-5-3-2-4-6-14/h2-8,10,27H,9H2,1H3,(H,24,28). The van der Waals surface area contributed by atoms with Gasteiger partial charge in [-0.2, -0.15) is 10.4 Å². The van der Waals surface area contributed by atoms with Crippen molar-refractivity contribution in [3.63, 3.8) is 0 Å². The van der Waals surface area contributed by atoms with Crippen molar-refractivity contribution in [3.8, 4) is 17.3 Å². The van der Waals surface area contributed by atoms with Crippen molar-refractivity contribution in [2.45, 2.75) is 6.42 Å².